The number of carbonyl (C=O) groups is 1. The summed E-state index contributed by atoms with van der Waals surface area (Å²) in [6.07, 6.45) is 3.42. The van der Waals surface area contributed by atoms with Gasteiger partial charge in [0.1, 0.15) is 22.7 Å². The van der Waals surface area contributed by atoms with Gasteiger partial charge in [0.25, 0.3) is 0 Å². The molecule has 0 amide bonds. The molecule has 0 unspecified atom stereocenters. The van der Waals surface area contributed by atoms with Gasteiger partial charge < -0.3 is 55.6 Å². The molecule has 16 atom stereocenters. The lowest BCUT2D eigenvalue weighted by atomic mass is 9.43. The number of likely N-dealkylation sites (N-methyl/N-ethyl adjacent to an activating group) is 1. The van der Waals surface area contributed by atoms with Crippen LogP contribution < -0.4 is 5.32 Å². The van der Waals surface area contributed by atoms with Crippen LogP contribution in [0, 0.1) is 45.8 Å². The highest BCUT2D eigenvalue weighted by molar-refractivity contribution is 5.96. The molecule has 2 bridgehead atoms. The van der Waals surface area contributed by atoms with Crippen LogP contribution in [0.4, 0.5) is 0 Å². The lowest BCUT2D eigenvalue weighted by Crippen LogP contribution is -2.70. The molecule has 0 aromatic heterocycles. The van der Waals surface area contributed by atoms with Crippen molar-refractivity contribution in [3.05, 3.63) is 47.1 Å². The minimum atomic E-state index is -1.73. The molecule has 1 aromatic rings. The highest BCUT2D eigenvalue weighted by atomic mass is 16.6. The lowest BCUT2D eigenvalue weighted by Gasteiger charge is -2.63. The summed E-state index contributed by atoms with van der Waals surface area (Å²) in [4.78, 5) is 14.8. The van der Waals surface area contributed by atoms with Crippen molar-refractivity contribution in [3.63, 3.8) is 0 Å². The first kappa shape index (κ1) is 41.3. The third-order valence-corrected chi connectivity index (χ3v) is 17.1. The number of benzene rings is 1. The minimum absolute atomic E-state index is 0.0459. The van der Waals surface area contributed by atoms with Crippen LogP contribution in [-0.2, 0) is 14.3 Å². The quantitative estimate of drug-likeness (QED) is 0.124. The third-order valence-electron chi connectivity index (χ3n) is 17.1. The fraction of sp³-hybridized carbons (Fsp3) is 0.756. The average Bonchev–Trinajstić information content (AvgIpc) is 3.49. The molecule has 316 valence electrons. The Hall–Kier alpha value is -2.39. The van der Waals surface area contributed by atoms with Crippen LogP contribution in [0.2, 0.25) is 0 Å². The standard InChI is InChI=1S/C45H65NO11/c1-6-46-23-26-20-40(3)10-8-29(26)45(39(53)24(40)2)43(54,12-14-48)38-34(57-45)22-44(55)31-19-32(51)36-35(25-16-27(49)18-28(50)17-25)37(52)33(56-15-7-13-47)21-41(36,4)30(31)9-11-42(38,44)5/h16-20,24,29-30,33-39,46-50,52-55H,6-15,21-23H2,1-5H3/t24-,29+,30-,33+,34+,35-,36+,37+,38-,39+,40+,41-,42-,43-,44+,45+/m1/s1. The van der Waals surface area contributed by atoms with E-state index in [9.17, 15) is 45.6 Å². The number of aliphatic hydroxyl groups is 6. The molecule has 1 spiro atoms. The number of phenolic OH excluding ortho intramolecular Hbond substituents is 2. The molecular formula is C45H65NO11. The van der Waals surface area contributed by atoms with Crippen molar-refractivity contribution >= 4 is 5.78 Å². The molecule has 1 aliphatic heterocycles. The highest BCUT2D eigenvalue weighted by Crippen LogP contribution is 2.75. The normalized spacial score (nSPS) is 48.5. The van der Waals surface area contributed by atoms with Crippen LogP contribution in [-0.4, -0.2) is 121 Å². The number of rotatable bonds is 10. The Morgan fingerprint density at radius 2 is 1.67 bits per heavy atom. The molecule has 9 N–H and O–H groups in total. The van der Waals surface area contributed by atoms with E-state index in [2.05, 4.69) is 18.3 Å². The van der Waals surface area contributed by atoms with E-state index < -0.39 is 69.8 Å². The molecule has 1 saturated heterocycles. The summed E-state index contributed by atoms with van der Waals surface area (Å²) in [5.41, 5.74) is -4.86. The Kier molecular flexibility index (Phi) is 10.2. The van der Waals surface area contributed by atoms with Gasteiger partial charge in [-0.2, -0.15) is 0 Å². The minimum Gasteiger partial charge on any atom is -0.508 e. The van der Waals surface area contributed by atoms with Crippen molar-refractivity contribution in [1.29, 1.82) is 0 Å². The predicted molar refractivity (Wildman–Crippen MR) is 210 cm³/mol. The molecule has 9 rings (SSSR count). The zero-order valence-electron chi connectivity index (χ0n) is 34.2. The summed E-state index contributed by atoms with van der Waals surface area (Å²) in [6.45, 7) is 11.4. The predicted octanol–water partition coefficient (Wildman–Crippen LogP) is 3.23. The first-order chi connectivity index (χ1) is 26.9. The van der Waals surface area contributed by atoms with Gasteiger partial charge >= 0.3 is 0 Å². The number of aromatic hydroxyl groups is 2. The smallest absolute Gasteiger partial charge is 0.160 e. The summed E-state index contributed by atoms with van der Waals surface area (Å²) in [5, 5.41) is 96.3. The molecule has 5 fully saturated rings. The summed E-state index contributed by atoms with van der Waals surface area (Å²) in [7, 11) is 0. The SMILES string of the molecule is CCNCC1=C[C@]2(C)CC[C@@H]1[C@]1(O[C@H]3C[C@]4(O)C5=CC(=O)[C@H]6[C@@H](c7cc(O)cc(O)c7)[C@@H](O)[C@@H](OCCCO)C[C@]6(C)[C@@H]5CC[C@]4(C)[C@@H]3[C@]1(O)CCO)[C@@H](O)[C@H]2C. The number of hydrogen-bond acceptors (Lipinski definition) is 12. The Bertz CT molecular complexity index is 1800. The number of nitrogens with one attached hydrogen (secondary N) is 1. The zero-order valence-corrected chi connectivity index (χ0v) is 34.2. The van der Waals surface area contributed by atoms with Gasteiger partial charge in [-0.25, -0.2) is 0 Å². The largest absolute Gasteiger partial charge is 0.508 e. The van der Waals surface area contributed by atoms with E-state index >= 15 is 0 Å². The molecule has 12 nitrogen and oxygen atoms in total. The van der Waals surface area contributed by atoms with Gasteiger partial charge in [-0.3, -0.25) is 4.79 Å². The molecule has 7 aliphatic carbocycles. The second-order valence-electron chi connectivity index (χ2n) is 19.7. The maximum atomic E-state index is 14.8. The fourth-order valence-corrected chi connectivity index (χ4v) is 14.4. The maximum absolute atomic E-state index is 14.8. The number of carbonyl (C=O) groups excluding carboxylic acids is 1. The number of fused-ring (bicyclic) bond motifs is 9. The molecule has 12 heteroatoms. The number of ether oxygens (including phenoxy) is 2. The summed E-state index contributed by atoms with van der Waals surface area (Å²) < 4.78 is 13.5. The highest BCUT2D eigenvalue weighted by Gasteiger charge is 2.82. The van der Waals surface area contributed by atoms with Crippen molar-refractivity contribution in [2.45, 2.75) is 133 Å². The van der Waals surface area contributed by atoms with E-state index in [-0.39, 0.29) is 73.1 Å². The number of phenols is 2. The third kappa shape index (κ3) is 5.54. The van der Waals surface area contributed by atoms with Gasteiger partial charge in [-0.15, -0.1) is 0 Å². The van der Waals surface area contributed by atoms with Crippen LogP contribution in [0.15, 0.2) is 41.5 Å². The first-order valence-electron chi connectivity index (χ1n) is 21.4. The van der Waals surface area contributed by atoms with Crippen LogP contribution >= 0.6 is 0 Å². The van der Waals surface area contributed by atoms with E-state index in [0.29, 0.717) is 49.8 Å². The Labute approximate surface area is 336 Å². The molecule has 1 aromatic carbocycles. The van der Waals surface area contributed by atoms with Gasteiger partial charge in [-0.1, -0.05) is 46.3 Å². The van der Waals surface area contributed by atoms with Crippen molar-refractivity contribution < 1.29 is 55.1 Å². The summed E-state index contributed by atoms with van der Waals surface area (Å²) in [5.74, 6) is -3.91. The fourth-order valence-electron chi connectivity index (χ4n) is 14.4. The Morgan fingerprint density at radius 3 is 2.33 bits per heavy atom. The van der Waals surface area contributed by atoms with Crippen molar-refractivity contribution in [1.82, 2.24) is 5.32 Å². The van der Waals surface area contributed by atoms with Gasteiger partial charge in [0.2, 0.25) is 0 Å². The second-order valence-corrected chi connectivity index (χ2v) is 19.7. The number of allylic oxidation sites excluding steroid dienone is 2. The van der Waals surface area contributed by atoms with Gasteiger partial charge in [0.15, 0.2) is 5.78 Å². The number of ketones is 1. The lowest BCUT2D eigenvalue weighted by molar-refractivity contribution is -0.246. The van der Waals surface area contributed by atoms with Gasteiger partial charge in [-0.05, 0) is 97.1 Å². The van der Waals surface area contributed by atoms with Crippen LogP contribution in [0.1, 0.15) is 97.5 Å². The van der Waals surface area contributed by atoms with E-state index in [1.807, 2.05) is 27.7 Å². The van der Waals surface area contributed by atoms with Crippen molar-refractivity contribution in [2.75, 3.05) is 32.9 Å². The van der Waals surface area contributed by atoms with Gasteiger partial charge in [0, 0.05) is 74.4 Å². The summed E-state index contributed by atoms with van der Waals surface area (Å²) in [6, 6.07) is 4.12. The van der Waals surface area contributed by atoms with Crippen LogP contribution in [0.3, 0.4) is 0 Å². The Morgan fingerprint density at radius 1 is 0.965 bits per heavy atom. The number of hydrogen-bond donors (Lipinski definition) is 9. The number of aliphatic hydroxyl groups excluding tert-OH is 4. The zero-order chi connectivity index (χ0) is 41.1. The van der Waals surface area contributed by atoms with Crippen molar-refractivity contribution in [3.8, 4) is 11.5 Å². The van der Waals surface area contributed by atoms with Gasteiger partial charge in [0.05, 0.1) is 30.0 Å². The first-order valence-corrected chi connectivity index (χ1v) is 21.4. The molecule has 0 radical (unpaired) electrons. The van der Waals surface area contributed by atoms with E-state index in [1.54, 1.807) is 6.08 Å². The second kappa shape index (κ2) is 14.1. The maximum Gasteiger partial charge on any atom is 0.160 e. The molecule has 4 saturated carbocycles. The molecule has 8 aliphatic rings. The van der Waals surface area contributed by atoms with E-state index in [4.69, 9.17) is 9.47 Å². The van der Waals surface area contributed by atoms with E-state index in [1.165, 1.54) is 18.2 Å². The van der Waals surface area contributed by atoms with E-state index in [0.717, 1.165) is 18.5 Å². The van der Waals surface area contributed by atoms with Crippen LogP contribution in [0.5, 0.6) is 11.5 Å². The Balaban J connectivity index is 1.22. The molecular weight excluding hydrogens is 730 g/mol. The summed E-state index contributed by atoms with van der Waals surface area (Å²) >= 11 is 0. The van der Waals surface area contributed by atoms with Crippen LogP contribution in [0.25, 0.3) is 0 Å². The average molecular weight is 796 g/mol. The molecule has 57 heavy (non-hydrogen) atoms. The topological polar surface area (TPSA) is 209 Å². The molecule has 1 heterocycles. The monoisotopic (exact) mass is 795 g/mol. The van der Waals surface area contributed by atoms with Crippen molar-refractivity contribution in [2.24, 2.45) is 45.8 Å².